The number of hydrogen-bond donors (Lipinski definition) is 1. The van der Waals surface area contributed by atoms with Crippen molar-refractivity contribution >= 4 is 39.5 Å². The van der Waals surface area contributed by atoms with Crippen LogP contribution in [0.5, 0.6) is 11.5 Å². The summed E-state index contributed by atoms with van der Waals surface area (Å²) in [6.07, 6.45) is 3.22. The molecule has 37 heavy (non-hydrogen) atoms. The van der Waals surface area contributed by atoms with Gasteiger partial charge < -0.3 is 19.9 Å². The van der Waals surface area contributed by atoms with Gasteiger partial charge in [0.1, 0.15) is 28.6 Å². The molecular formula is C25H25FN10O. The first-order valence-electron chi connectivity index (χ1n) is 11.9. The zero-order valence-electron chi connectivity index (χ0n) is 20.7. The average Bonchev–Trinajstić information content (AvgIpc) is 3.25. The number of aromatic nitrogens is 7. The summed E-state index contributed by atoms with van der Waals surface area (Å²) in [4.78, 5) is 22.5. The largest absolute Gasteiger partial charge is 0.454 e. The number of rotatable bonds is 5. The zero-order chi connectivity index (χ0) is 25.5. The van der Waals surface area contributed by atoms with E-state index in [9.17, 15) is 4.39 Å². The van der Waals surface area contributed by atoms with Crippen LogP contribution in [0.4, 0.5) is 21.8 Å². The molecule has 0 amide bonds. The maximum absolute atomic E-state index is 14.7. The molecule has 0 unspecified atom stereocenters. The van der Waals surface area contributed by atoms with Crippen LogP contribution in [0.2, 0.25) is 0 Å². The normalized spacial score (nSPS) is 14.4. The molecule has 0 saturated carbocycles. The Morgan fingerprint density at radius 2 is 1.78 bits per heavy atom. The van der Waals surface area contributed by atoms with E-state index in [0.717, 1.165) is 37.4 Å². The van der Waals surface area contributed by atoms with Gasteiger partial charge in [0.05, 0.1) is 11.7 Å². The summed E-state index contributed by atoms with van der Waals surface area (Å²) >= 11 is 0. The SMILES string of the molecule is Cc1cc(Nc2ncnc3cnc(N4CCN(C)CC4)nc23)ccc1Oc1cc2nnn(C)c2cc1F. The van der Waals surface area contributed by atoms with Gasteiger partial charge in [-0.2, -0.15) is 0 Å². The van der Waals surface area contributed by atoms with Crippen LogP contribution in [0, 0.1) is 12.7 Å². The Balaban J connectivity index is 1.25. The van der Waals surface area contributed by atoms with Crippen molar-refractivity contribution < 1.29 is 9.13 Å². The molecular weight excluding hydrogens is 475 g/mol. The maximum atomic E-state index is 14.7. The van der Waals surface area contributed by atoms with Gasteiger partial charge in [-0.1, -0.05) is 5.21 Å². The van der Waals surface area contributed by atoms with Crippen LogP contribution >= 0.6 is 0 Å². The lowest BCUT2D eigenvalue weighted by atomic mass is 10.2. The lowest BCUT2D eigenvalue weighted by molar-refractivity contribution is 0.311. The Hall–Kier alpha value is -4.45. The number of anilines is 3. The van der Waals surface area contributed by atoms with E-state index >= 15 is 0 Å². The topological polar surface area (TPSA) is 110 Å². The molecule has 2 aromatic carbocycles. The molecule has 0 bridgehead atoms. The fourth-order valence-electron chi connectivity index (χ4n) is 4.31. The minimum atomic E-state index is -0.484. The molecule has 6 rings (SSSR count). The Morgan fingerprint density at radius 3 is 2.59 bits per heavy atom. The molecule has 1 fully saturated rings. The van der Waals surface area contributed by atoms with E-state index < -0.39 is 5.82 Å². The number of hydrogen-bond acceptors (Lipinski definition) is 10. The number of piperazine rings is 1. The molecule has 11 nitrogen and oxygen atoms in total. The summed E-state index contributed by atoms with van der Waals surface area (Å²) in [6.45, 7) is 5.54. The van der Waals surface area contributed by atoms with Crippen molar-refractivity contribution in [1.29, 1.82) is 0 Å². The predicted molar refractivity (Wildman–Crippen MR) is 138 cm³/mol. The van der Waals surface area contributed by atoms with Crippen LogP contribution in [-0.4, -0.2) is 73.1 Å². The highest BCUT2D eigenvalue weighted by Gasteiger charge is 2.18. The van der Waals surface area contributed by atoms with Gasteiger partial charge in [0.25, 0.3) is 0 Å². The van der Waals surface area contributed by atoms with Crippen LogP contribution in [0.1, 0.15) is 5.56 Å². The quantitative estimate of drug-likeness (QED) is 0.385. The first-order valence-corrected chi connectivity index (χ1v) is 11.9. The smallest absolute Gasteiger partial charge is 0.226 e. The molecule has 0 radical (unpaired) electrons. The first-order chi connectivity index (χ1) is 17.9. The van der Waals surface area contributed by atoms with Gasteiger partial charge in [0, 0.05) is 51.0 Å². The standard InChI is InChI=1S/C25H25FN10O/c1-15-10-16(4-5-21(15)37-22-12-18-20(11-17(22)26)35(3)33-32-18)30-24-23-19(28-14-29-24)13-27-25(31-23)36-8-6-34(2)7-9-36/h4-5,10-14H,6-9H2,1-3H3,(H,28,29,30). The lowest BCUT2D eigenvalue weighted by Gasteiger charge is -2.32. The van der Waals surface area contributed by atoms with E-state index in [-0.39, 0.29) is 5.75 Å². The van der Waals surface area contributed by atoms with E-state index in [0.29, 0.717) is 39.6 Å². The molecule has 188 valence electrons. The van der Waals surface area contributed by atoms with Crippen molar-refractivity contribution in [2.45, 2.75) is 6.92 Å². The lowest BCUT2D eigenvalue weighted by Crippen LogP contribution is -2.45. The summed E-state index contributed by atoms with van der Waals surface area (Å²) in [5.74, 6) is 1.38. The minimum absolute atomic E-state index is 0.0896. The molecule has 4 heterocycles. The van der Waals surface area contributed by atoms with Gasteiger partial charge >= 0.3 is 0 Å². The van der Waals surface area contributed by atoms with Crippen LogP contribution in [0.15, 0.2) is 42.9 Å². The number of benzene rings is 2. The zero-order valence-corrected chi connectivity index (χ0v) is 20.7. The molecule has 3 aromatic heterocycles. The second kappa shape index (κ2) is 9.21. The molecule has 5 aromatic rings. The van der Waals surface area contributed by atoms with Crippen molar-refractivity contribution in [3.05, 3.63) is 54.2 Å². The second-order valence-corrected chi connectivity index (χ2v) is 9.11. The third kappa shape index (κ3) is 4.47. The highest BCUT2D eigenvalue weighted by atomic mass is 19.1. The fraction of sp³-hybridized carbons (Fsp3) is 0.280. The summed E-state index contributed by atoms with van der Waals surface area (Å²) < 4.78 is 22.1. The van der Waals surface area contributed by atoms with Crippen LogP contribution in [-0.2, 0) is 7.05 Å². The maximum Gasteiger partial charge on any atom is 0.226 e. The van der Waals surface area contributed by atoms with E-state index in [1.807, 2.05) is 19.1 Å². The Kier molecular flexibility index (Phi) is 5.72. The fourth-order valence-corrected chi connectivity index (χ4v) is 4.31. The number of aryl methyl sites for hydroxylation is 2. The molecule has 1 aliphatic rings. The second-order valence-electron chi connectivity index (χ2n) is 9.11. The molecule has 12 heteroatoms. The monoisotopic (exact) mass is 500 g/mol. The van der Waals surface area contributed by atoms with Gasteiger partial charge in [-0.3, -0.25) is 0 Å². The number of nitrogens with zero attached hydrogens (tertiary/aromatic N) is 9. The highest BCUT2D eigenvalue weighted by molar-refractivity contribution is 5.87. The molecule has 1 saturated heterocycles. The van der Waals surface area contributed by atoms with E-state index in [1.54, 1.807) is 25.4 Å². The van der Waals surface area contributed by atoms with E-state index in [2.05, 4.69) is 47.4 Å². The van der Waals surface area contributed by atoms with Crippen LogP contribution < -0.4 is 15.0 Å². The van der Waals surface area contributed by atoms with Gasteiger partial charge in [-0.05, 0) is 37.7 Å². The number of ether oxygens (including phenoxy) is 1. The Bertz CT molecular complexity index is 1610. The summed E-state index contributed by atoms with van der Waals surface area (Å²) in [5, 5.41) is 11.3. The predicted octanol–water partition coefficient (Wildman–Crippen LogP) is 3.44. The average molecular weight is 501 g/mol. The van der Waals surface area contributed by atoms with Gasteiger partial charge in [-0.25, -0.2) is 29.0 Å². The highest BCUT2D eigenvalue weighted by Crippen LogP contribution is 2.32. The summed E-state index contributed by atoms with van der Waals surface area (Å²) in [7, 11) is 3.82. The minimum Gasteiger partial charge on any atom is -0.454 e. The molecule has 0 spiro atoms. The third-order valence-corrected chi connectivity index (χ3v) is 6.47. The van der Waals surface area contributed by atoms with Crippen molar-refractivity contribution in [3.8, 4) is 11.5 Å². The Morgan fingerprint density at radius 1 is 0.946 bits per heavy atom. The van der Waals surface area contributed by atoms with Gasteiger partial charge in [0.15, 0.2) is 17.4 Å². The van der Waals surface area contributed by atoms with E-state index in [1.165, 1.54) is 17.1 Å². The number of nitrogens with one attached hydrogen (secondary N) is 1. The van der Waals surface area contributed by atoms with Gasteiger partial charge in [-0.15, -0.1) is 5.10 Å². The Labute approximate surface area is 211 Å². The van der Waals surface area contributed by atoms with Gasteiger partial charge in [0.2, 0.25) is 5.95 Å². The summed E-state index contributed by atoms with van der Waals surface area (Å²) in [5.41, 5.74) is 4.05. The van der Waals surface area contributed by atoms with Crippen LogP contribution in [0.3, 0.4) is 0 Å². The molecule has 0 atom stereocenters. The number of halogens is 1. The van der Waals surface area contributed by atoms with Crippen molar-refractivity contribution in [2.24, 2.45) is 7.05 Å². The van der Waals surface area contributed by atoms with Crippen LogP contribution in [0.25, 0.3) is 22.1 Å². The first kappa shape index (κ1) is 23.0. The van der Waals surface area contributed by atoms with Crippen molar-refractivity contribution in [3.63, 3.8) is 0 Å². The number of fused-ring (bicyclic) bond motifs is 2. The molecule has 0 aliphatic carbocycles. The summed E-state index contributed by atoms with van der Waals surface area (Å²) in [6, 6.07) is 8.45. The third-order valence-electron chi connectivity index (χ3n) is 6.47. The van der Waals surface area contributed by atoms with Crippen molar-refractivity contribution in [1.82, 2.24) is 39.8 Å². The van der Waals surface area contributed by atoms with Crippen molar-refractivity contribution in [2.75, 3.05) is 43.4 Å². The number of likely N-dealkylation sites (N-methyl/N-ethyl adjacent to an activating group) is 1. The van der Waals surface area contributed by atoms with E-state index in [4.69, 9.17) is 9.72 Å². The molecule has 1 aliphatic heterocycles. The molecule has 1 N–H and O–H groups in total.